The Bertz CT molecular complexity index is 674. The third-order valence-corrected chi connectivity index (χ3v) is 3.72. The highest BCUT2D eigenvalue weighted by molar-refractivity contribution is 7.05. The molecule has 0 spiro atoms. The van der Waals surface area contributed by atoms with E-state index in [0.717, 1.165) is 17.0 Å². The number of hydrogen-bond donors (Lipinski definition) is 0. The standard InChI is InChI=1S/C17H15NOS/c1-13-11-17(18-20-13)15-7-9-16(10-8-15)19-12-14-5-3-2-4-6-14/h2-11H,12H2,1H3. The minimum Gasteiger partial charge on any atom is -0.489 e. The zero-order valence-corrected chi connectivity index (χ0v) is 12.1. The van der Waals surface area contributed by atoms with Crippen molar-refractivity contribution < 1.29 is 4.74 Å². The van der Waals surface area contributed by atoms with E-state index >= 15 is 0 Å². The van der Waals surface area contributed by atoms with Crippen molar-refractivity contribution in [2.75, 3.05) is 0 Å². The molecule has 100 valence electrons. The molecule has 0 fully saturated rings. The van der Waals surface area contributed by atoms with Gasteiger partial charge in [0.2, 0.25) is 0 Å². The maximum Gasteiger partial charge on any atom is 0.119 e. The summed E-state index contributed by atoms with van der Waals surface area (Å²) < 4.78 is 10.2. The highest BCUT2D eigenvalue weighted by Gasteiger charge is 2.02. The summed E-state index contributed by atoms with van der Waals surface area (Å²) >= 11 is 1.53. The van der Waals surface area contributed by atoms with Gasteiger partial charge in [-0.2, -0.15) is 4.37 Å². The van der Waals surface area contributed by atoms with Crippen LogP contribution in [0.4, 0.5) is 0 Å². The lowest BCUT2D eigenvalue weighted by Gasteiger charge is -2.06. The molecule has 0 aliphatic rings. The van der Waals surface area contributed by atoms with Gasteiger partial charge in [0.05, 0.1) is 5.69 Å². The lowest BCUT2D eigenvalue weighted by Crippen LogP contribution is -1.94. The number of ether oxygens (including phenoxy) is 1. The van der Waals surface area contributed by atoms with Crippen molar-refractivity contribution in [2.45, 2.75) is 13.5 Å². The molecule has 2 nitrogen and oxygen atoms in total. The third kappa shape index (κ3) is 3.06. The van der Waals surface area contributed by atoms with Gasteiger partial charge in [-0.05, 0) is 54.4 Å². The molecule has 0 saturated heterocycles. The predicted molar refractivity (Wildman–Crippen MR) is 83.1 cm³/mol. The largest absolute Gasteiger partial charge is 0.489 e. The van der Waals surface area contributed by atoms with Crippen LogP contribution in [0, 0.1) is 6.92 Å². The lowest BCUT2D eigenvalue weighted by molar-refractivity contribution is 0.306. The van der Waals surface area contributed by atoms with E-state index < -0.39 is 0 Å². The number of rotatable bonds is 4. The monoisotopic (exact) mass is 281 g/mol. The van der Waals surface area contributed by atoms with Gasteiger partial charge in [-0.3, -0.25) is 0 Å². The molecule has 0 N–H and O–H groups in total. The molecule has 0 radical (unpaired) electrons. The van der Waals surface area contributed by atoms with Crippen molar-refractivity contribution in [1.29, 1.82) is 0 Å². The first-order valence-electron chi connectivity index (χ1n) is 6.52. The van der Waals surface area contributed by atoms with Crippen LogP contribution in [-0.4, -0.2) is 4.37 Å². The summed E-state index contributed by atoms with van der Waals surface area (Å²) in [6.45, 7) is 2.66. The van der Waals surface area contributed by atoms with Gasteiger partial charge < -0.3 is 4.74 Å². The van der Waals surface area contributed by atoms with Crippen LogP contribution in [0.3, 0.4) is 0 Å². The quantitative estimate of drug-likeness (QED) is 0.691. The van der Waals surface area contributed by atoms with Crippen LogP contribution in [0.2, 0.25) is 0 Å². The molecular formula is C17H15NOS. The second-order valence-corrected chi connectivity index (χ2v) is 5.63. The van der Waals surface area contributed by atoms with E-state index in [1.807, 2.05) is 30.3 Å². The Morgan fingerprint density at radius 2 is 1.75 bits per heavy atom. The van der Waals surface area contributed by atoms with E-state index in [2.05, 4.69) is 41.6 Å². The molecule has 0 aliphatic heterocycles. The fourth-order valence-electron chi connectivity index (χ4n) is 1.97. The molecule has 1 aromatic heterocycles. The summed E-state index contributed by atoms with van der Waals surface area (Å²) in [5, 5.41) is 0. The first-order valence-corrected chi connectivity index (χ1v) is 7.29. The topological polar surface area (TPSA) is 22.1 Å². The molecule has 0 saturated carbocycles. The van der Waals surface area contributed by atoms with Crippen molar-refractivity contribution >= 4 is 11.5 Å². The number of aryl methyl sites for hydroxylation is 1. The maximum absolute atomic E-state index is 5.77. The lowest BCUT2D eigenvalue weighted by atomic mass is 10.1. The van der Waals surface area contributed by atoms with E-state index in [-0.39, 0.29) is 0 Å². The predicted octanol–water partition coefficient (Wildman–Crippen LogP) is 4.70. The van der Waals surface area contributed by atoms with Crippen molar-refractivity contribution in [3.8, 4) is 17.0 Å². The van der Waals surface area contributed by atoms with Gasteiger partial charge in [0.15, 0.2) is 0 Å². The Morgan fingerprint density at radius 1 is 1.00 bits per heavy atom. The molecule has 3 rings (SSSR count). The van der Waals surface area contributed by atoms with Crippen LogP contribution in [0.5, 0.6) is 5.75 Å². The highest BCUT2D eigenvalue weighted by Crippen LogP contribution is 2.24. The minimum absolute atomic E-state index is 0.593. The van der Waals surface area contributed by atoms with E-state index in [0.29, 0.717) is 6.61 Å². The smallest absolute Gasteiger partial charge is 0.119 e. The Balaban J connectivity index is 1.67. The molecule has 0 amide bonds. The third-order valence-electron chi connectivity index (χ3n) is 3.03. The van der Waals surface area contributed by atoms with Gasteiger partial charge >= 0.3 is 0 Å². The second kappa shape index (κ2) is 5.88. The first-order chi connectivity index (χ1) is 9.81. The summed E-state index contributed by atoms with van der Waals surface area (Å²) in [6.07, 6.45) is 0. The molecule has 20 heavy (non-hydrogen) atoms. The molecule has 2 aromatic carbocycles. The van der Waals surface area contributed by atoms with Gasteiger partial charge in [-0.15, -0.1) is 0 Å². The van der Waals surface area contributed by atoms with E-state index in [9.17, 15) is 0 Å². The summed E-state index contributed by atoms with van der Waals surface area (Å²) in [4.78, 5) is 1.23. The zero-order chi connectivity index (χ0) is 13.8. The van der Waals surface area contributed by atoms with Crippen molar-refractivity contribution in [1.82, 2.24) is 4.37 Å². The average Bonchev–Trinajstić information content (AvgIpc) is 2.93. The van der Waals surface area contributed by atoms with Crippen LogP contribution in [-0.2, 0) is 6.61 Å². The Morgan fingerprint density at radius 3 is 2.40 bits per heavy atom. The van der Waals surface area contributed by atoms with E-state index in [4.69, 9.17) is 4.74 Å². The van der Waals surface area contributed by atoms with Gasteiger partial charge in [0, 0.05) is 10.4 Å². The fraction of sp³-hybridized carbons (Fsp3) is 0.118. The highest BCUT2D eigenvalue weighted by atomic mass is 32.1. The van der Waals surface area contributed by atoms with Crippen molar-refractivity contribution in [2.24, 2.45) is 0 Å². The van der Waals surface area contributed by atoms with Gasteiger partial charge in [0.1, 0.15) is 12.4 Å². The van der Waals surface area contributed by atoms with Crippen LogP contribution in [0.15, 0.2) is 60.7 Å². The van der Waals surface area contributed by atoms with Gasteiger partial charge in [-0.25, -0.2) is 0 Å². The van der Waals surface area contributed by atoms with Crippen molar-refractivity contribution in [3.63, 3.8) is 0 Å². The number of benzene rings is 2. The Labute approximate surface area is 122 Å². The Hall–Kier alpha value is -2.13. The number of aromatic nitrogens is 1. The van der Waals surface area contributed by atoms with Gasteiger partial charge in [-0.1, -0.05) is 30.3 Å². The molecule has 0 bridgehead atoms. The average molecular weight is 281 g/mol. The van der Waals surface area contributed by atoms with E-state index in [1.54, 1.807) is 0 Å². The molecule has 3 heteroatoms. The molecular weight excluding hydrogens is 266 g/mol. The summed E-state index contributed by atoms with van der Waals surface area (Å²) in [6, 6.07) is 20.4. The normalized spacial score (nSPS) is 10.4. The van der Waals surface area contributed by atoms with Crippen LogP contribution in [0.25, 0.3) is 11.3 Å². The van der Waals surface area contributed by atoms with Crippen LogP contribution in [0.1, 0.15) is 10.4 Å². The number of nitrogens with zero attached hydrogens (tertiary/aromatic N) is 1. The molecule has 3 aromatic rings. The molecule has 0 aliphatic carbocycles. The molecule has 1 heterocycles. The second-order valence-electron chi connectivity index (χ2n) is 4.62. The zero-order valence-electron chi connectivity index (χ0n) is 11.2. The summed E-state index contributed by atoms with van der Waals surface area (Å²) in [5.41, 5.74) is 3.33. The van der Waals surface area contributed by atoms with E-state index in [1.165, 1.54) is 22.0 Å². The summed E-state index contributed by atoms with van der Waals surface area (Å²) in [7, 11) is 0. The Kier molecular flexibility index (Phi) is 3.79. The van der Waals surface area contributed by atoms with Gasteiger partial charge in [0.25, 0.3) is 0 Å². The molecule has 0 unspecified atom stereocenters. The molecule has 0 atom stereocenters. The number of hydrogen-bond acceptors (Lipinski definition) is 3. The fourth-order valence-corrected chi connectivity index (χ4v) is 2.53. The minimum atomic E-state index is 0.593. The summed E-state index contributed by atoms with van der Waals surface area (Å²) in [5.74, 6) is 0.879. The maximum atomic E-state index is 5.77. The first kappa shape index (κ1) is 12.9. The SMILES string of the molecule is Cc1cc(-c2ccc(OCc3ccccc3)cc2)ns1. The van der Waals surface area contributed by atoms with Crippen molar-refractivity contribution in [3.05, 3.63) is 71.1 Å². The van der Waals surface area contributed by atoms with Crippen LogP contribution < -0.4 is 4.74 Å². The van der Waals surface area contributed by atoms with Crippen LogP contribution >= 0.6 is 11.5 Å².